The zero-order valence-electron chi connectivity index (χ0n) is 13.2. The van der Waals surface area contributed by atoms with E-state index in [-0.39, 0.29) is 10.8 Å². The molecule has 2 amide bonds. The molecule has 4 N–H and O–H groups in total. The third-order valence-corrected chi connectivity index (χ3v) is 8.11. The number of anilines is 1. The largest absolute Gasteiger partial charge is 0.352 e. The SMILES string of the molecule is NC(=O)NCc1ccc(NS(=O)(=O)c2ccc(-c3ccc(Br)s3)s2)cc1. The van der Waals surface area contributed by atoms with E-state index in [9.17, 15) is 13.2 Å². The summed E-state index contributed by atoms with van der Waals surface area (Å²) >= 11 is 6.17. The Kier molecular flexibility index (Phi) is 5.66. The molecular weight excluding hydrogens is 458 g/mol. The Hall–Kier alpha value is -1.88. The summed E-state index contributed by atoms with van der Waals surface area (Å²) < 4.78 is 28.9. The molecule has 6 nitrogen and oxygen atoms in total. The number of rotatable bonds is 6. The fourth-order valence-corrected chi connectivity index (χ4v) is 5.97. The highest BCUT2D eigenvalue weighted by molar-refractivity contribution is 9.11. The lowest BCUT2D eigenvalue weighted by molar-refractivity contribution is 0.248. The van der Waals surface area contributed by atoms with Gasteiger partial charge >= 0.3 is 6.03 Å². The second-order valence-electron chi connectivity index (χ2n) is 5.24. The van der Waals surface area contributed by atoms with Crippen LogP contribution in [0.5, 0.6) is 0 Å². The third kappa shape index (κ3) is 4.64. The number of thiophene rings is 2. The Labute approximate surface area is 167 Å². The number of halogens is 1. The summed E-state index contributed by atoms with van der Waals surface area (Å²) in [4.78, 5) is 12.6. The number of sulfonamides is 1. The summed E-state index contributed by atoms with van der Waals surface area (Å²) in [5.41, 5.74) is 6.28. The summed E-state index contributed by atoms with van der Waals surface area (Å²) in [5, 5.41) is 2.47. The van der Waals surface area contributed by atoms with E-state index >= 15 is 0 Å². The number of benzene rings is 1. The van der Waals surface area contributed by atoms with Crippen molar-refractivity contribution in [2.75, 3.05) is 4.72 Å². The second-order valence-corrected chi connectivity index (χ2v) is 10.7. The van der Waals surface area contributed by atoms with E-state index in [0.717, 1.165) is 19.1 Å². The molecule has 0 saturated carbocycles. The topological polar surface area (TPSA) is 101 Å². The van der Waals surface area contributed by atoms with Gasteiger partial charge in [0.1, 0.15) is 4.21 Å². The Morgan fingerprint density at radius 3 is 2.27 bits per heavy atom. The average molecular weight is 472 g/mol. The summed E-state index contributed by atoms with van der Waals surface area (Å²) in [6, 6.07) is 13.4. The van der Waals surface area contributed by atoms with E-state index in [0.29, 0.717) is 5.69 Å². The molecular formula is C16H14BrN3O3S3. The number of hydrogen-bond acceptors (Lipinski definition) is 5. The first-order valence-corrected chi connectivity index (χ1v) is 11.2. The lowest BCUT2D eigenvalue weighted by Gasteiger charge is -2.07. The molecule has 26 heavy (non-hydrogen) atoms. The van der Waals surface area contributed by atoms with Gasteiger partial charge < -0.3 is 11.1 Å². The lowest BCUT2D eigenvalue weighted by Crippen LogP contribution is -2.28. The minimum Gasteiger partial charge on any atom is -0.352 e. The molecule has 0 radical (unpaired) electrons. The maximum atomic E-state index is 12.6. The molecule has 0 aliphatic rings. The van der Waals surface area contributed by atoms with E-state index in [1.54, 1.807) is 47.7 Å². The number of carbonyl (C=O) groups is 1. The van der Waals surface area contributed by atoms with Crippen LogP contribution in [0.4, 0.5) is 10.5 Å². The van der Waals surface area contributed by atoms with Gasteiger partial charge in [-0.3, -0.25) is 4.72 Å². The van der Waals surface area contributed by atoms with Crippen LogP contribution >= 0.6 is 38.6 Å². The first-order chi connectivity index (χ1) is 12.3. The highest BCUT2D eigenvalue weighted by atomic mass is 79.9. The second kappa shape index (κ2) is 7.78. The molecule has 0 bridgehead atoms. The van der Waals surface area contributed by atoms with Crippen LogP contribution in [-0.4, -0.2) is 14.4 Å². The van der Waals surface area contributed by atoms with Gasteiger partial charge in [0.25, 0.3) is 10.0 Å². The van der Waals surface area contributed by atoms with Crippen LogP contribution in [0.15, 0.2) is 56.5 Å². The first kappa shape index (κ1) is 18.9. The maximum absolute atomic E-state index is 12.6. The monoisotopic (exact) mass is 471 g/mol. The number of nitrogens with two attached hydrogens (primary N) is 1. The molecule has 136 valence electrons. The van der Waals surface area contributed by atoms with Crippen LogP contribution in [0.2, 0.25) is 0 Å². The van der Waals surface area contributed by atoms with Crippen molar-refractivity contribution in [1.82, 2.24) is 5.32 Å². The molecule has 0 spiro atoms. The first-order valence-electron chi connectivity index (χ1n) is 7.34. The predicted molar refractivity (Wildman–Crippen MR) is 109 cm³/mol. The van der Waals surface area contributed by atoms with Crippen molar-refractivity contribution < 1.29 is 13.2 Å². The van der Waals surface area contributed by atoms with Crippen LogP contribution in [0.1, 0.15) is 5.56 Å². The average Bonchev–Trinajstić information content (AvgIpc) is 3.23. The van der Waals surface area contributed by atoms with Crippen LogP contribution in [0.25, 0.3) is 9.75 Å². The van der Waals surface area contributed by atoms with E-state index in [1.807, 2.05) is 12.1 Å². The number of amides is 2. The Balaban J connectivity index is 1.73. The number of hydrogen-bond donors (Lipinski definition) is 3. The summed E-state index contributed by atoms with van der Waals surface area (Å²) in [5.74, 6) is 0. The lowest BCUT2D eigenvalue weighted by atomic mass is 10.2. The molecule has 0 unspecified atom stereocenters. The molecule has 0 fully saturated rings. The fourth-order valence-electron chi connectivity index (χ4n) is 2.13. The fraction of sp³-hybridized carbons (Fsp3) is 0.0625. The highest BCUT2D eigenvalue weighted by Gasteiger charge is 2.18. The molecule has 0 atom stereocenters. The third-order valence-electron chi connectivity index (χ3n) is 3.34. The normalized spacial score (nSPS) is 11.3. The molecule has 1 aromatic carbocycles. The van der Waals surface area contributed by atoms with E-state index in [2.05, 4.69) is 26.0 Å². The van der Waals surface area contributed by atoms with Crippen molar-refractivity contribution in [3.8, 4) is 9.75 Å². The summed E-state index contributed by atoms with van der Waals surface area (Å²) in [6.45, 7) is 0.285. The van der Waals surface area contributed by atoms with Gasteiger partial charge in [0.15, 0.2) is 0 Å². The molecule has 3 rings (SSSR count). The molecule has 0 aliphatic heterocycles. The maximum Gasteiger partial charge on any atom is 0.312 e. The van der Waals surface area contributed by atoms with Gasteiger partial charge in [-0.25, -0.2) is 13.2 Å². The van der Waals surface area contributed by atoms with Crippen LogP contribution in [0, 0.1) is 0 Å². The highest BCUT2D eigenvalue weighted by Crippen LogP contribution is 2.37. The Morgan fingerprint density at radius 1 is 1.00 bits per heavy atom. The van der Waals surface area contributed by atoms with Gasteiger partial charge in [0, 0.05) is 22.0 Å². The van der Waals surface area contributed by atoms with Crippen molar-refractivity contribution in [3.63, 3.8) is 0 Å². The number of carbonyl (C=O) groups excluding carboxylic acids is 1. The number of primary amides is 1. The molecule has 10 heteroatoms. The minimum absolute atomic E-state index is 0.247. The zero-order chi connectivity index (χ0) is 18.7. The van der Waals surface area contributed by atoms with Gasteiger partial charge in [0.2, 0.25) is 0 Å². The smallest absolute Gasteiger partial charge is 0.312 e. The number of nitrogens with one attached hydrogen (secondary N) is 2. The molecule has 0 aliphatic carbocycles. The summed E-state index contributed by atoms with van der Waals surface area (Å²) in [7, 11) is -3.66. The van der Waals surface area contributed by atoms with Crippen molar-refractivity contribution in [3.05, 3.63) is 57.9 Å². The van der Waals surface area contributed by atoms with E-state index in [1.165, 1.54) is 11.3 Å². The van der Waals surface area contributed by atoms with Gasteiger partial charge in [-0.1, -0.05) is 12.1 Å². The standard InChI is InChI=1S/C16H14BrN3O3S3/c17-14-7-5-12(24-14)13-6-8-15(25-13)26(22,23)20-11-3-1-10(2-4-11)9-19-16(18)21/h1-8,20H,9H2,(H3,18,19,21). The van der Waals surface area contributed by atoms with Gasteiger partial charge in [-0.05, 0) is 57.9 Å². The number of urea groups is 1. The van der Waals surface area contributed by atoms with Crippen molar-refractivity contribution in [2.24, 2.45) is 5.73 Å². The molecule has 2 aromatic heterocycles. The Morgan fingerprint density at radius 2 is 1.65 bits per heavy atom. The molecule has 0 saturated heterocycles. The predicted octanol–water partition coefficient (Wildman–Crippen LogP) is 4.21. The molecule has 3 aromatic rings. The van der Waals surface area contributed by atoms with Crippen molar-refractivity contribution in [2.45, 2.75) is 10.8 Å². The van der Waals surface area contributed by atoms with Crippen molar-refractivity contribution in [1.29, 1.82) is 0 Å². The van der Waals surface area contributed by atoms with E-state index in [4.69, 9.17) is 5.73 Å². The molecule has 2 heterocycles. The quantitative estimate of drug-likeness (QED) is 0.501. The summed E-state index contributed by atoms with van der Waals surface area (Å²) in [6.07, 6.45) is 0. The Bertz CT molecular complexity index is 1030. The van der Waals surface area contributed by atoms with Gasteiger partial charge in [-0.15, -0.1) is 22.7 Å². The van der Waals surface area contributed by atoms with Crippen LogP contribution < -0.4 is 15.8 Å². The van der Waals surface area contributed by atoms with Crippen LogP contribution in [0.3, 0.4) is 0 Å². The van der Waals surface area contributed by atoms with E-state index < -0.39 is 16.1 Å². The zero-order valence-corrected chi connectivity index (χ0v) is 17.3. The minimum atomic E-state index is -3.66. The van der Waals surface area contributed by atoms with Crippen LogP contribution in [-0.2, 0) is 16.6 Å². The van der Waals surface area contributed by atoms with Gasteiger partial charge in [0.05, 0.1) is 3.79 Å². The van der Waals surface area contributed by atoms with Gasteiger partial charge in [-0.2, -0.15) is 0 Å². The van der Waals surface area contributed by atoms with Crippen molar-refractivity contribution >= 4 is 60.3 Å².